The molecule has 0 heterocycles. The second kappa shape index (κ2) is 8.09. The SMILES string of the molecule is COc1cccc(OC)c1C(=O)OCC(=O)Nc1c(F)cccc1F. The van der Waals surface area contributed by atoms with Gasteiger partial charge < -0.3 is 19.5 Å². The number of benzene rings is 2. The molecule has 0 saturated heterocycles. The van der Waals surface area contributed by atoms with Gasteiger partial charge in [0.2, 0.25) is 0 Å². The number of amides is 1. The van der Waals surface area contributed by atoms with E-state index in [-0.39, 0.29) is 17.1 Å². The van der Waals surface area contributed by atoms with E-state index >= 15 is 0 Å². The normalized spacial score (nSPS) is 10.1. The van der Waals surface area contributed by atoms with Crippen LogP contribution in [-0.4, -0.2) is 32.7 Å². The molecular weight excluding hydrogens is 336 g/mol. The molecule has 6 nitrogen and oxygen atoms in total. The van der Waals surface area contributed by atoms with Gasteiger partial charge in [-0.15, -0.1) is 0 Å². The van der Waals surface area contributed by atoms with Crippen molar-refractivity contribution < 1.29 is 32.6 Å². The first-order valence-electron chi connectivity index (χ1n) is 7.10. The quantitative estimate of drug-likeness (QED) is 0.810. The predicted molar refractivity (Wildman–Crippen MR) is 84.8 cm³/mol. The van der Waals surface area contributed by atoms with Gasteiger partial charge in [-0.05, 0) is 24.3 Å². The topological polar surface area (TPSA) is 73.9 Å². The summed E-state index contributed by atoms with van der Waals surface area (Å²) in [6, 6.07) is 7.80. The summed E-state index contributed by atoms with van der Waals surface area (Å²) in [7, 11) is 2.72. The number of anilines is 1. The molecule has 0 radical (unpaired) electrons. The van der Waals surface area contributed by atoms with Gasteiger partial charge in [-0.3, -0.25) is 4.79 Å². The van der Waals surface area contributed by atoms with Crippen molar-refractivity contribution in [2.75, 3.05) is 26.1 Å². The lowest BCUT2D eigenvalue weighted by Crippen LogP contribution is -2.22. The Morgan fingerprint density at radius 2 is 1.48 bits per heavy atom. The third-order valence-corrected chi connectivity index (χ3v) is 3.19. The van der Waals surface area contributed by atoms with Crippen LogP contribution in [0, 0.1) is 11.6 Å². The van der Waals surface area contributed by atoms with E-state index in [1.807, 2.05) is 5.32 Å². The average molecular weight is 351 g/mol. The van der Waals surface area contributed by atoms with Crippen LogP contribution in [0.15, 0.2) is 36.4 Å². The van der Waals surface area contributed by atoms with Gasteiger partial charge in [-0.1, -0.05) is 12.1 Å². The first-order valence-corrected chi connectivity index (χ1v) is 7.10. The summed E-state index contributed by atoms with van der Waals surface area (Å²) < 4.78 is 41.9. The van der Waals surface area contributed by atoms with E-state index in [0.717, 1.165) is 18.2 Å². The van der Waals surface area contributed by atoms with Crippen LogP contribution < -0.4 is 14.8 Å². The number of hydrogen-bond donors (Lipinski definition) is 1. The van der Waals surface area contributed by atoms with Crippen molar-refractivity contribution in [1.82, 2.24) is 0 Å². The molecule has 0 saturated carbocycles. The van der Waals surface area contributed by atoms with Crippen LogP contribution in [0.5, 0.6) is 11.5 Å². The minimum atomic E-state index is -0.939. The monoisotopic (exact) mass is 351 g/mol. The van der Waals surface area contributed by atoms with Gasteiger partial charge in [0.25, 0.3) is 5.91 Å². The molecule has 0 spiro atoms. The molecule has 8 heteroatoms. The molecule has 0 aliphatic rings. The third-order valence-electron chi connectivity index (χ3n) is 3.19. The van der Waals surface area contributed by atoms with Crippen LogP contribution in [0.1, 0.15) is 10.4 Å². The van der Waals surface area contributed by atoms with E-state index in [1.54, 1.807) is 6.07 Å². The van der Waals surface area contributed by atoms with E-state index in [4.69, 9.17) is 14.2 Å². The number of carbonyl (C=O) groups excluding carboxylic acids is 2. The number of carbonyl (C=O) groups is 2. The highest BCUT2D eigenvalue weighted by Gasteiger charge is 2.21. The third kappa shape index (κ3) is 4.23. The minimum absolute atomic E-state index is 0.00243. The first-order chi connectivity index (χ1) is 12.0. The van der Waals surface area contributed by atoms with Gasteiger partial charge in [0.05, 0.1) is 14.2 Å². The maximum Gasteiger partial charge on any atom is 0.346 e. The minimum Gasteiger partial charge on any atom is -0.496 e. The highest BCUT2D eigenvalue weighted by atomic mass is 19.1. The Morgan fingerprint density at radius 1 is 0.960 bits per heavy atom. The van der Waals surface area contributed by atoms with Crippen molar-refractivity contribution in [3.63, 3.8) is 0 Å². The second-order valence-electron chi connectivity index (χ2n) is 4.76. The molecule has 2 aromatic carbocycles. The lowest BCUT2D eigenvalue weighted by molar-refractivity contribution is -0.119. The maximum atomic E-state index is 13.5. The van der Waals surface area contributed by atoms with Crippen LogP contribution >= 0.6 is 0 Å². The number of hydrogen-bond acceptors (Lipinski definition) is 5. The van der Waals surface area contributed by atoms with Crippen LogP contribution in [0.25, 0.3) is 0 Å². The molecule has 0 unspecified atom stereocenters. The molecule has 0 atom stereocenters. The van der Waals surface area contributed by atoms with E-state index in [0.29, 0.717) is 0 Å². The van der Waals surface area contributed by atoms with E-state index in [1.165, 1.54) is 26.4 Å². The van der Waals surface area contributed by atoms with Crippen molar-refractivity contribution in [3.05, 3.63) is 53.6 Å². The Kier molecular flexibility index (Phi) is 5.89. The van der Waals surface area contributed by atoms with Gasteiger partial charge in [0, 0.05) is 0 Å². The zero-order chi connectivity index (χ0) is 18.4. The standard InChI is InChI=1S/C17H15F2NO5/c1-23-12-7-4-8-13(24-2)15(12)17(22)25-9-14(21)20-16-10(18)5-3-6-11(16)19/h3-8H,9H2,1-2H3,(H,20,21). The zero-order valence-electron chi connectivity index (χ0n) is 13.5. The molecule has 0 aromatic heterocycles. The fraction of sp³-hybridized carbons (Fsp3) is 0.176. The molecule has 0 aliphatic heterocycles. The summed E-state index contributed by atoms with van der Waals surface area (Å²) >= 11 is 0. The van der Waals surface area contributed by atoms with Crippen LogP contribution in [0.3, 0.4) is 0 Å². The molecule has 0 fully saturated rings. The fourth-order valence-electron chi connectivity index (χ4n) is 2.05. The fourth-order valence-corrected chi connectivity index (χ4v) is 2.05. The van der Waals surface area contributed by atoms with Crippen LogP contribution in [-0.2, 0) is 9.53 Å². The Bertz CT molecular complexity index is 752. The van der Waals surface area contributed by atoms with Crippen molar-refractivity contribution in [1.29, 1.82) is 0 Å². The Morgan fingerprint density at radius 3 is 2.00 bits per heavy atom. The molecule has 1 N–H and O–H groups in total. The highest BCUT2D eigenvalue weighted by Crippen LogP contribution is 2.28. The zero-order valence-corrected chi connectivity index (χ0v) is 13.5. The Hall–Kier alpha value is -3.16. The van der Waals surface area contributed by atoms with E-state index in [9.17, 15) is 18.4 Å². The summed E-state index contributed by atoms with van der Waals surface area (Å²) in [6.45, 7) is -0.742. The number of para-hydroxylation sites is 1. The lowest BCUT2D eigenvalue weighted by atomic mass is 10.2. The van der Waals surface area contributed by atoms with Gasteiger partial charge in [0.15, 0.2) is 6.61 Å². The van der Waals surface area contributed by atoms with Crippen molar-refractivity contribution >= 4 is 17.6 Å². The number of halogens is 2. The van der Waals surface area contributed by atoms with Gasteiger partial charge >= 0.3 is 5.97 Å². The number of ether oxygens (including phenoxy) is 3. The Labute approximate surface area is 142 Å². The molecule has 25 heavy (non-hydrogen) atoms. The molecule has 132 valence electrons. The maximum absolute atomic E-state index is 13.5. The number of esters is 1. The van der Waals surface area contributed by atoms with Crippen molar-refractivity contribution in [2.45, 2.75) is 0 Å². The largest absolute Gasteiger partial charge is 0.496 e. The molecule has 2 rings (SSSR count). The molecular formula is C17H15F2NO5. The first kappa shape index (κ1) is 18.2. The van der Waals surface area contributed by atoms with Gasteiger partial charge in [-0.2, -0.15) is 0 Å². The number of nitrogens with one attached hydrogen (secondary N) is 1. The molecule has 0 aliphatic carbocycles. The smallest absolute Gasteiger partial charge is 0.346 e. The highest BCUT2D eigenvalue weighted by molar-refractivity contribution is 5.98. The average Bonchev–Trinajstić information content (AvgIpc) is 2.62. The van der Waals surface area contributed by atoms with Gasteiger partial charge in [-0.25, -0.2) is 13.6 Å². The molecule has 0 bridgehead atoms. The van der Waals surface area contributed by atoms with E-state index in [2.05, 4.69) is 0 Å². The second-order valence-corrected chi connectivity index (χ2v) is 4.76. The molecule has 1 amide bonds. The lowest BCUT2D eigenvalue weighted by Gasteiger charge is -2.12. The number of methoxy groups -OCH3 is 2. The van der Waals surface area contributed by atoms with Crippen LogP contribution in [0.2, 0.25) is 0 Å². The van der Waals surface area contributed by atoms with E-state index < -0.39 is 35.8 Å². The number of rotatable bonds is 6. The summed E-state index contributed by atoms with van der Waals surface area (Å²) in [5, 5.41) is 2.01. The van der Waals surface area contributed by atoms with Crippen LogP contribution in [0.4, 0.5) is 14.5 Å². The Balaban J connectivity index is 2.07. The summed E-state index contributed by atoms with van der Waals surface area (Å²) in [5.74, 6) is -3.25. The summed E-state index contributed by atoms with van der Waals surface area (Å²) in [5.41, 5.74) is -0.615. The predicted octanol–water partition coefficient (Wildman–Crippen LogP) is 2.78. The molecule has 2 aromatic rings. The van der Waals surface area contributed by atoms with Crippen molar-refractivity contribution in [3.8, 4) is 11.5 Å². The van der Waals surface area contributed by atoms with Crippen molar-refractivity contribution in [2.24, 2.45) is 0 Å². The summed E-state index contributed by atoms with van der Waals surface area (Å²) in [4.78, 5) is 24.0. The van der Waals surface area contributed by atoms with Gasteiger partial charge in [0.1, 0.15) is 34.4 Å². The summed E-state index contributed by atoms with van der Waals surface area (Å²) in [6.07, 6.45) is 0.